The van der Waals surface area contributed by atoms with Crippen LogP contribution >= 0.6 is 0 Å². The number of amides is 1. The summed E-state index contributed by atoms with van der Waals surface area (Å²) in [6.07, 6.45) is 0.832. The lowest BCUT2D eigenvalue weighted by atomic mass is 9.86. The quantitative estimate of drug-likeness (QED) is 0.831. The van der Waals surface area contributed by atoms with Crippen molar-refractivity contribution in [2.24, 2.45) is 0 Å². The number of benzene rings is 2. The van der Waals surface area contributed by atoms with Crippen LogP contribution in [0.2, 0.25) is 0 Å². The Balaban J connectivity index is 1.74. The van der Waals surface area contributed by atoms with Gasteiger partial charge in [-0.15, -0.1) is 0 Å². The lowest BCUT2D eigenvalue weighted by Gasteiger charge is -2.36. The molecule has 2 N–H and O–H groups in total. The molecule has 0 aliphatic carbocycles. The van der Waals surface area contributed by atoms with E-state index in [9.17, 15) is 14.7 Å². The van der Waals surface area contributed by atoms with Crippen LogP contribution in [0.1, 0.15) is 29.6 Å². The van der Waals surface area contributed by atoms with Crippen molar-refractivity contribution in [3.8, 4) is 11.5 Å². The summed E-state index contributed by atoms with van der Waals surface area (Å²) in [5, 5.41) is 12.1. The molecule has 3 rings (SSSR count). The molecule has 6 heteroatoms. The van der Waals surface area contributed by atoms with E-state index < -0.39 is 11.5 Å². The third-order valence-corrected chi connectivity index (χ3v) is 4.39. The van der Waals surface area contributed by atoms with Crippen LogP contribution < -0.4 is 10.1 Å². The number of para-hydroxylation sites is 1. The first kappa shape index (κ1) is 17.9. The SMILES string of the molecule is O=C(O)CC1(NC(=O)c2cccc(Oc3ccccc3)c2)CCOCC1. The Bertz CT molecular complexity index is 769. The van der Waals surface area contributed by atoms with Crippen LogP contribution in [0.15, 0.2) is 54.6 Å². The summed E-state index contributed by atoms with van der Waals surface area (Å²) in [5.74, 6) is -0.0278. The molecule has 1 amide bonds. The zero-order chi connectivity index (χ0) is 18.4. The number of carbonyl (C=O) groups excluding carboxylic acids is 1. The minimum Gasteiger partial charge on any atom is -0.481 e. The van der Waals surface area contributed by atoms with Crippen molar-refractivity contribution in [3.63, 3.8) is 0 Å². The molecule has 6 nitrogen and oxygen atoms in total. The Morgan fingerprint density at radius 3 is 2.42 bits per heavy atom. The van der Waals surface area contributed by atoms with E-state index in [4.69, 9.17) is 9.47 Å². The Kier molecular flexibility index (Phi) is 5.53. The topological polar surface area (TPSA) is 84.9 Å². The maximum atomic E-state index is 12.7. The molecular weight excluding hydrogens is 334 g/mol. The number of hydrogen-bond donors (Lipinski definition) is 2. The van der Waals surface area contributed by atoms with Gasteiger partial charge in [0.2, 0.25) is 0 Å². The van der Waals surface area contributed by atoms with Crippen LogP contribution in [-0.2, 0) is 9.53 Å². The minimum absolute atomic E-state index is 0.123. The number of carboxylic acids is 1. The van der Waals surface area contributed by atoms with Crippen LogP contribution in [-0.4, -0.2) is 35.7 Å². The van der Waals surface area contributed by atoms with Crippen molar-refractivity contribution in [2.45, 2.75) is 24.8 Å². The predicted octanol–water partition coefficient (Wildman–Crippen LogP) is 3.23. The van der Waals surface area contributed by atoms with Crippen molar-refractivity contribution in [1.29, 1.82) is 0 Å². The van der Waals surface area contributed by atoms with Crippen LogP contribution in [0.3, 0.4) is 0 Å². The van der Waals surface area contributed by atoms with E-state index in [1.807, 2.05) is 30.3 Å². The highest BCUT2D eigenvalue weighted by atomic mass is 16.5. The fraction of sp³-hybridized carbons (Fsp3) is 0.300. The molecule has 1 aliphatic heterocycles. The predicted molar refractivity (Wildman–Crippen MR) is 95.5 cm³/mol. The van der Waals surface area contributed by atoms with Gasteiger partial charge < -0.3 is 19.9 Å². The van der Waals surface area contributed by atoms with Crippen molar-refractivity contribution in [1.82, 2.24) is 5.32 Å². The van der Waals surface area contributed by atoms with E-state index in [-0.39, 0.29) is 12.3 Å². The maximum absolute atomic E-state index is 12.7. The Morgan fingerprint density at radius 1 is 1.04 bits per heavy atom. The van der Waals surface area contributed by atoms with E-state index in [1.165, 1.54) is 0 Å². The molecule has 0 spiro atoms. The molecule has 2 aromatic rings. The van der Waals surface area contributed by atoms with Gasteiger partial charge in [-0.2, -0.15) is 0 Å². The normalized spacial score (nSPS) is 15.8. The molecule has 1 saturated heterocycles. The maximum Gasteiger partial charge on any atom is 0.305 e. The van der Waals surface area contributed by atoms with Gasteiger partial charge >= 0.3 is 5.97 Å². The molecule has 136 valence electrons. The minimum atomic E-state index is -0.937. The van der Waals surface area contributed by atoms with E-state index in [2.05, 4.69) is 5.32 Å². The number of ether oxygens (including phenoxy) is 2. The number of nitrogens with one attached hydrogen (secondary N) is 1. The van der Waals surface area contributed by atoms with Crippen LogP contribution in [0.5, 0.6) is 11.5 Å². The molecule has 26 heavy (non-hydrogen) atoms. The number of aliphatic carboxylic acids is 1. The number of rotatable bonds is 6. The molecule has 1 fully saturated rings. The summed E-state index contributed by atoms with van der Waals surface area (Å²) in [6.45, 7) is 0.870. The molecule has 0 atom stereocenters. The second-order valence-electron chi connectivity index (χ2n) is 6.36. The van der Waals surface area contributed by atoms with E-state index in [0.29, 0.717) is 43.1 Å². The highest BCUT2D eigenvalue weighted by Crippen LogP contribution is 2.26. The highest BCUT2D eigenvalue weighted by Gasteiger charge is 2.36. The smallest absolute Gasteiger partial charge is 0.305 e. The first-order valence-electron chi connectivity index (χ1n) is 8.51. The van der Waals surface area contributed by atoms with Gasteiger partial charge in [0.15, 0.2) is 0 Å². The monoisotopic (exact) mass is 355 g/mol. The van der Waals surface area contributed by atoms with Gasteiger partial charge in [0.1, 0.15) is 11.5 Å². The van der Waals surface area contributed by atoms with Gasteiger partial charge in [-0.05, 0) is 43.2 Å². The summed E-state index contributed by atoms with van der Waals surface area (Å²) >= 11 is 0. The molecule has 0 bridgehead atoms. The van der Waals surface area contributed by atoms with Gasteiger partial charge in [-0.1, -0.05) is 24.3 Å². The molecule has 0 radical (unpaired) electrons. The van der Waals surface area contributed by atoms with Gasteiger partial charge in [0.05, 0.1) is 12.0 Å². The average Bonchev–Trinajstić information content (AvgIpc) is 2.63. The lowest BCUT2D eigenvalue weighted by Crippen LogP contribution is -2.53. The zero-order valence-electron chi connectivity index (χ0n) is 14.3. The summed E-state index contributed by atoms with van der Waals surface area (Å²) in [7, 11) is 0. The van der Waals surface area contributed by atoms with Gasteiger partial charge in [0, 0.05) is 18.8 Å². The number of hydrogen-bond acceptors (Lipinski definition) is 4. The van der Waals surface area contributed by atoms with Crippen LogP contribution in [0.25, 0.3) is 0 Å². The zero-order valence-corrected chi connectivity index (χ0v) is 14.3. The van der Waals surface area contributed by atoms with Crippen LogP contribution in [0, 0.1) is 0 Å². The standard InChI is InChI=1S/C20H21NO5/c22-18(23)14-20(9-11-25-12-10-20)21-19(24)15-5-4-8-17(13-15)26-16-6-2-1-3-7-16/h1-8,13H,9-12,14H2,(H,21,24)(H,22,23). The first-order valence-corrected chi connectivity index (χ1v) is 8.51. The van der Waals surface area contributed by atoms with Crippen molar-refractivity contribution >= 4 is 11.9 Å². The van der Waals surface area contributed by atoms with Gasteiger partial charge in [-0.3, -0.25) is 9.59 Å². The summed E-state index contributed by atoms with van der Waals surface area (Å²) in [4.78, 5) is 23.9. The van der Waals surface area contributed by atoms with Crippen LogP contribution in [0.4, 0.5) is 0 Å². The molecule has 2 aromatic carbocycles. The fourth-order valence-corrected chi connectivity index (χ4v) is 3.04. The van der Waals surface area contributed by atoms with Crippen molar-refractivity contribution in [3.05, 3.63) is 60.2 Å². The first-order chi connectivity index (χ1) is 12.6. The van der Waals surface area contributed by atoms with E-state index in [0.717, 1.165) is 0 Å². The van der Waals surface area contributed by atoms with Gasteiger partial charge in [-0.25, -0.2) is 0 Å². The largest absolute Gasteiger partial charge is 0.481 e. The second-order valence-corrected chi connectivity index (χ2v) is 6.36. The molecule has 0 aromatic heterocycles. The van der Waals surface area contributed by atoms with E-state index >= 15 is 0 Å². The van der Waals surface area contributed by atoms with E-state index in [1.54, 1.807) is 24.3 Å². The van der Waals surface area contributed by atoms with Crippen molar-refractivity contribution < 1.29 is 24.2 Å². The molecular formula is C20H21NO5. The highest BCUT2D eigenvalue weighted by molar-refractivity contribution is 5.95. The Morgan fingerprint density at radius 2 is 1.73 bits per heavy atom. The molecule has 0 unspecified atom stereocenters. The summed E-state index contributed by atoms with van der Waals surface area (Å²) in [5.41, 5.74) is -0.355. The fourth-order valence-electron chi connectivity index (χ4n) is 3.04. The third kappa shape index (κ3) is 4.61. The summed E-state index contributed by atoms with van der Waals surface area (Å²) in [6, 6.07) is 16.1. The molecule has 0 saturated carbocycles. The van der Waals surface area contributed by atoms with Gasteiger partial charge in [0.25, 0.3) is 5.91 Å². The molecule has 1 aliphatic rings. The number of carboxylic acid groups (broad SMARTS) is 1. The average molecular weight is 355 g/mol. The lowest BCUT2D eigenvalue weighted by molar-refractivity contribution is -0.139. The number of carbonyl (C=O) groups is 2. The van der Waals surface area contributed by atoms with Crippen molar-refractivity contribution in [2.75, 3.05) is 13.2 Å². The third-order valence-electron chi connectivity index (χ3n) is 4.39. The summed E-state index contributed by atoms with van der Waals surface area (Å²) < 4.78 is 11.1. The molecule has 1 heterocycles. The Hall–Kier alpha value is -2.86. The Labute approximate surface area is 151 Å². The second kappa shape index (κ2) is 8.01.